The fourth-order valence-electron chi connectivity index (χ4n) is 1.76. The number of aromatic carboxylic acids is 1. The van der Waals surface area contributed by atoms with Gasteiger partial charge in [-0.25, -0.2) is 9.78 Å². The second-order valence-electron chi connectivity index (χ2n) is 4.25. The lowest BCUT2D eigenvalue weighted by molar-refractivity contribution is 0.0690. The van der Waals surface area contributed by atoms with Crippen molar-refractivity contribution in [2.75, 3.05) is 7.11 Å². The van der Waals surface area contributed by atoms with Gasteiger partial charge in [0.2, 0.25) is 0 Å². The van der Waals surface area contributed by atoms with Crippen LogP contribution in [0.15, 0.2) is 36.4 Å². The van der Waals surface area contributed by atoms with E-state index in [1.807, 2.05) is 0 Å². The van der Waals surface area contributed by atoms with E-state index >= 15 is 0 Å². The van der Waals surface area contributed by atoms with Gasteiger partial charge in [-0.2, -0.15) is 0 Å². The Morgan fingerprint density at radius 2 is 2.05 bits per heavy atom. The number of nitrogens with zero attached hydrogens (tertiary/aromatic N) is 1. The van der Waals surface area contributed by atoms with E-state index in [1.165, 1.54) is 13.2 Å². The molecule has 110 valence electrons. The standard InChI is InChI=1S/C15H15NO5/c1-20-14-7-10(8-17)5-6-13(14)21-9-11-3-2-4-12(16-11)15(18)19/h2-7,17H,8-9H2,1H3,(H,18,19). The van der Waals surface area contributed by atoms with Crippen molar-refractivity contribution in [1.29, 1.82) is 0 Å². The normalized spacial score (nSPS) is 10.2. The number of hydrogen-bond donors (Lipinski definition) is 2. The Labute approximate surface area is 121 Å². The summed E-state index contributed by atoms with van der Waals surface area (Å²) < 4.78 is 10.8. The molecule has 0 amide bonds. The van der Waals surface area contributed by atoms with Crippen molar-refractivity contribution in [1.82, 2.24) is 4.98 Å². The molecule has 0 saturated heterocycles. The van der Waals surface area contributed by atoms with Gasteiger partial charge in [-0.1, -0.05) is 12.1 Å². The smallest absolute Gasteiger partial charge is 0.354 e. The van der Waals surface area contributed by atoms with E-state index in [9.17, 15) is 4.79 Å². The zero-order chi connectivity index (χ0) is 15.2. The second-order valence-corrected chi connectivity index (χ2v) is 4.25. The van der Waals surface area contributed by atoms with Crippen LogP contribution in [0.2, 0.25) is 0 Å². The molecule has 0 aliphatic heterocycles. The number of pyridine rings is 1. The molecule has 2 aromatic rings. The Bertz CT molecular complexity index is 642. The summed E-state index contributed by atoms with van der Waals surface area (Å²) in [5, 5.41) is 18.0. The Morgan fingerprint density at radius 1 is 1.24 bits per heavy atom. The average molecular weight is 289 g/mol. The maximum absolute atomic E-state index is 10.9. The molecule has 1 aromatic heterocycles. The van der Waals surface area contributed by atoms with Crippen LogP contribution in [0.5, 0.6) is 11.5 Å². The van der Waals surface area contributed by atoms with Crippen LogP contribution in [0.4, 0.5) is 0 Å². The number of methoxy groups -OCH3 is 1. The molecule has 0 aliphatic rings. The Morgan fingerprint density at radius 3 is 2.71 bits per heavy atom. The van der Waals surface area contributed by atoms with Gasteiger partial charge in [-0.05, 0) is 29.8 Å². The van der Waals surface area contributed by atoms with E-state index in [-0.39, 0.29) is 18.9 Å². The van der Waals surface area contributed by atoms with E-state index in [0.29, 0.717) is 22.8 Å². The van der Waals surface area contributed by atoms with Gasteiger partial charge in [0, 0.05) is 0 Å². The molecule has 1 aromatic carbocycles. The molecule has 0 radical (unpaired) electrons. The number of benzene rings is 1. The van der Waals surface area contributed by atoms with Crippen molar-refractivity contribution in [2.45, 2.75) is 13.2 Å². The molecule has 0 spiro atoms. The molecule has 6 nitrogen and oxygen atoms in total. The zero-order valence-electron chi connectivity index (χ0n) is 11.4. The van der Waals surface area contributed by atoms with Crippen LogP contribution in [0.3, 0.4) is 0 Å². The maximum Gasteiger partial charge on any atom is 0.354 e. The van der Waals surface area contributed by atoms with Gasteiger partial charge in [-0.15, -0.1) is 0 Å². The van der Waals surface area contributed by atoms with E-state index in [1.54, 1.807) is 30.3 Å². The molecular weight excluding hydrogens is 274 g/mol. The molecule has 2 N–H and O–H groups in total. The lowest BCUT2D eigenvalue weighted by Gasteiger charge is -2.11. The number of aliphatic hydroxyl groups excluding tert-OH is 1. The highest BCUT2D eigenvalue weighted by Crippen LogP contribution is 2.28. The summed E-state index contributed by atoms with van der Waals surface area (Å²) in [6, 6.07) is 9.80. The summed E-state index contributed by atoms with van der Waals surface area (Å²) in [5.74, 6) is -0.0881. The topological polar surface area (TPSA) is 88.9 Å². The van der Waals surface area contributed by atoms with Crippen LogP contribution in [0.1, 0.15) is 21.7 Å². The van der Waals surface area contributed by atoms with Crippen molar-refractivity contribution in [3.63, 3.8) is 0 Å². The van der Waals surface area contributed by atoms with Gasteiger partial charge in [-0.3, -0.25) is 0 Å². The monoisotopic (exact) mass is 289 g/mol. The number of rotatable bonds is 6. The van der Waals surface area contributed by atoms with Crippen molar-refractivity contribution in [3.8, 4) is 11.5 Å². The van der Waals surface area contributed by atoms with E-state index in [4.69, 9.17) is 19.7 Å². The summed E-state index contributed by atoms with van der Waals surface area (Å²) in [5.41, 5.74) is 1.19. The third-order valence-corrected chi connectivity index (χ3v) is 2.81. The van der Waals surface area contributed by atoms with Crippen LogP contribution >= 0.6 is 0 Å². The molecule has 0 atom stereocenters. The summed E-state index contributed by atoms with van der Waals surface area (Å²) in [7, 11) is 1.51. The molecule has 21 heavy (non-hydrogen) atoms. The summed E-state index contributed by atoms with van der Waals surface area (Å²) >= 11 is 0. The third-order valence-electron chi connectivity index (χ3n) is 2.81. The zero-order valence-corrected chi connectivity index (χ0v) is 11.4. The molecule has 0 unspecified atom stereocenters. The minimum absolute atomic E-state index is 0.0290. The van der Waals surface area contributed by atoms with Crippen molar-refractivity contribution < 1.29 is 24.5 Å². The molecule has 0 bridgehead atoms. The van der Waals surface area contributed by atoms with Crippen LogP contribution in [0.25, 0.3) is 0 Å². The Kier molecular flexibility index (Phi) is 4.73. The number of carboxylic acids is 1. The highest BCUT2D eigenvalue weighted by atomic mass is 16.5. The molecule has 6 heteroatoms. The minimum atomic E-state index is -1.08. The predicted octanol–water partition coefficient (Wildman–Crippen LogP) is 1.86. The third kappa shape index (κ3) is 3.70. The van der Waals surface area contributed by atoms with Gasteiger partial charge in [0.15, 0.2) is 11.5 Å². The lowest BCUT2D eigenvalue weighted by atomic mass is 10.2. The Balaban J connectivity index is 2.12. The number of aromatic nitrogens is 1. The first-order chi connectivity index (χ1) is 10.1. The molecular formula is C15H15NO5. The predicted molar refractivity (Wildman–Crippen MR) is 74.4 cm³/mol. The minimum Gasteiger partial charge on any atom is -0.493 e. The fraction of sp³-hybridized carbons (Fsp3) is 0.200. The quantitative estimate of drug-likeness (QED) is 0.843. The van der Waals surface area contributed by atoms with Gasteiger partial charge in [0.1, 0.15) is 12.3 Å². The van der Waals surface area contributed by atoms with Crippen LogP contribution < -0.4 is 9.47 Å². The summed E-state index contributed by atoms with van der Waals surface area (Å²) in [6.07, 6.45) is 0. The second kappa shape index (κ2) is 6.71. The van der Waals surface area contributed by atoms with Gasteiger partial charge >= 0.3 is 5.97 Å². The van der Waals surface area contributed by atoms with E-state index in [0.717, 1.165) is 0 Å². The SMILES string of the molecule is COc1cc(CO)ccc1OCc1cccc(C(=O)O)n1. The molecule has 0 saturated carbocycles. The van der Waals surface area contributed by atoms with Crippen LogP contribution in [-0.4, -0.2) is 28.3 Å². The number of carboxylic acid groups (broad SMARTS) is 1. The molecule has 0 fully saturated rings. The fourth-order valence-corrected chi connectivity index (χ4v) is 1.76. The first-order valence-corrected chi connectivity index (χ1v) is 6.24. The molecule has 2 rings (SSSR count). The van der Waals surface area contributed by atoms with E-state index < -0.39 is 5.97 Å². The number of hydrogen-bond acceptors (Lipinski definition) is 5. The Hall–Kier alpha value is -2.60. The maximum atomic E-state index is 10.9. The number of aliphatic hydroxyl groups is 1. The number of ether oxygens (including phenoxy) is 2. The first kappa shape index (κ1) is 14.8. The highest BCUT2D eigenvalue weighted by molar-refractivity contribution is 5.85. The average Bonchev–Trinajstić information content (AvgIpc) is 2.53. The molecule has 0 aliphatic carbocycles. The number of carbonyl (C=O) groups is 1. The van der Waals surface area contributed by atoms with Crippen LogP contribution in [-0.2, 0) is 13.2 Å². The van der Waals surface area contributed by atoms with Gasteiger partial charge in [0.25, 0.3) is 0 Å². The van der Waals surface area contributed by atoms with Crippen LogP contribution in [0, 0.1) is 0 Å². The van der Waals surface area contributed by atoms with Crippen molar-refractivity contribution in [2.24, 2.45) is 0 Å². The summed E-state index contributed by atoms with van der Waals surface area (Å²) in [6.45, 7) is 0.0365. The highest BCUT2D eigenvalue weighted by Gasteiger charge is 2.08. The largest absolute Gasteiger partial charge is 0.493 e. The van der Waals surface area contributed by atoms with Gasteiger partial charge < -0.3 is 19.7 Å². The lowest BCUT2D eigenvalue weighted by Crippen LogP contribution is -2.05. The van der Waals surface area contributed by atoms with Crippen molar-refractivity contribution in [3.05, 3.63) is 53.3 Å². The summed E-state index contributed by atoms with van der Waals surface area (Å²) in [4.78, 5) is 14.8. The van der Waals surface area contributed by atoms with Crippen molar-refractivity contribution >= 4 is 5.97 Å². The first-order valence-electron chi connectivity index (χ1n) is 6.24. The molecule has 1 heterocycles. The van der Waals surface area contributed by atoms with Gasteiger partial charge in [0.05, 0.1) is 19.4 Å². The van der Waals surface area contributed by atoms with E-state index in [2.05, 4.69) is 4.98 Å².